The van der Waals surface area contributed by atoms with Gasteiger partial charge in [-0.05, 0) is 74.8 Å². The Kier molecular flexibility index (Phi) is 6.86. The molecule has 1 heterocycles. The van der Waals surface area contributed by atoms with Gasteiger partial charge in [0.15, 0.2) is 0 Å². The van der Waals surface area contributed by atoms with E-state index in [1.807, 2.05) is 38.1 Å². The molecule has 202 valence electrons. The van der Waals surface area contributed by atoms with Crippen LogP contribution < -0.4 is 10.0 Å². The molecule has 0 radical (unpaired) electrons. The fourth-order valence-electron chi connectivity index (χ4n) is 4.95. The molecule has 0 saturated carbocycles. The Balaban J connectivity index is 1.58. The lowest BCUT2D eigenvalue weighted by atomic mass is 9.88. The number of amides is 2. The molecule has 2 amide bonds. The van der Waals surface area contributed by atoms with Crippen molar-refractivity contribution in [3.63, 3.8) is 0 Å². The van der Waals surface area contributed by atoms with Crippen LogP contribution in [0.3, 0.4) is 0 Å². The van der Waals surface area contributed by atoms with Gasteiger partial charge < -0.3 is 14.8 Å². The van der Waals surface area contributed by atoms with Gasteiger partial charge in [0.05, 0.1) is 17.6 Å². The van der Waals surface area contributed by atoms with E-state index in [2.05, 4.69) is 40.4 Å². The molecule has 1 aliphatic rings. The van der Waals surface area contributed by atoms with Gasteiger partial charge in [0.1, 0.15) is 0 Å². The number of anilines is 1. The van der Waals surface area contributed by atoms with E-state index in [0.717, 1.165) is 63.8 Å². The van der Waals surface area contributed by atoms with E-state index in [-0.39, 0.29) is 5.56 Å². The molecule has 1 aliphatic carbocycles. The van der Waals surface area contributed by atoms with Gasteiger partial charge >= 0.3 is 6.03 Å². The fourth-order valence-corrected chi connectivity index (χ4v) is 5.80. The molecule has 8 heteroatoms. The standard InChI is InChI=1S/C31H32N2O5S/c1-19-8-12-21(13-9-19)26-16-23-6-5-7-25(23)29(28(26)22-14-10-20(2)11-15-22)32-30(34)33-39(36,37)27-17-24(18-38-27)31(3,4)35/h8-18,35H,5-7H2,1-4H3,(H2,32,33,34). The highest BCUT2D eigenvalue weighted by atomic mass is 32.2. The first-order valence-electron chi connectivity index (χ1n) is 12.9. The van der Waals surface area contributed by atoms with Gasteiger partial charge in [0.2, 0.25) is 5.09 Å². The van der Waals surface area contributed by atoms with Crippen LogP contribution in [0.1, 0.15) is 48.1 Å². The number of furan rings is 1. The minimum atomic E-state index is -4.32. The van der Waals surface area contributed by atoms with Crippen LogP contribution in [0.5, 0.6) is 0 Å². The van der Waals surface area contributed by atoms with Gasteiger partial charge in [-0.15, -0.1) is 0 Å². The van der Waals surface area contributed by atoms with Crippen LogP contribution >= 0.6 is 0 Å². The van der Waals surface area contributed by atoms with Crippen molar-refractivity contribution in [2.24, 2.45) is 0 Å². The second-order valence-corrected chi connectivity index (χ2v) is 12.3. The number of nitrogens with one attached hydrogen (secondary N) is 2. The van der Waals surface area contributed by atoms with Crippen molar-refractivity contribution in [1.29, 1.82) is 0 Å². The third-order valence-electron chi connectivity index (χ3n) is 7.12. The summed E-state index contributed by atoms with van der Waals surface area (Å²) in [6, 6.07) is 18.8. The maximum Gasteiger partial charge on any atom is 0.333 e. The van der Waals surface area contributed by atoms with Crippen molar-refractivity contribution < 1.29 is 22.7 Å². The zero-order valence-electron chi connectivity index (χ0n) is 22.5. The maximum atomic E-state index is 13.2. The molecule has 5 rings (SSSR count). The predicted molar refractivity (Wildman–Crippen MR) is 152 cm³/mol. The number of sulfonamides is 1. The Morgan fingerprint density at radius 1 is 0.923 bits per heavy atom. The highest BCUT2D eigenvalue weighted by molar-refractivity contribution is 7.89. The molecule has 0 bridgehead atoms. The molecule has 0 aliphatic heterocycles. The molecule has 3 N–H and O–H groups in total. The van der Waals surface area contributed by atoms with Crippen molar-refractivity contribution in [1.82, 2.24) is 4.72 Å². The number of benzene rings is 3. The Hall–Kier alpha value is -3.88. The number of fused-ring (bicyclic) bond motifs is 1. The summed E-state index contributed by atoms with van der Waals surface area (Å²) in [5, 5.41) is 12.6. The third kappa shape index (κ3) is 5.48. The average Bonchev–Trinajstić information content (AvgIpc) is 3.55. The van der Waals surface area contributed by atoms with E-state index in [9.17, 15) is 18.3 Å². The minimum absolute atomic E-state index is 0.286. The Morgan fingerprint density at radius 2 is 1.54 bits per heavy atom. The lowest BCUT2D eigenvalue weighted by Gasteiger charge is -2.21. The first-order chi connectivity index (χ1) is 18.4. The number of urea groups is 1. The molecule has 0 fully saturated rings. The molecular formula is C31H32N2O5S. The molecule has 0 atom stereocenters. The van der Waals surface area contributed by atoms with Crippen molar-refractivity contribution >= 4 is 21.7 Å². The van der Waals surface area contributed by atoms with Crippen LogP contribution in [0.15, 0.2) is 76.4 Å². The molecular weight excluding hydrogens is 512 g/mol. The normalized spacial score (nSPS) is 13.3. The topological polar surface area (TPSA) is 109 Å². The summed E-state index contributed by atoms with van der Waals surface area (Å²) in [5.74, 6) is 0. The maximum absolute atomic E-state index is 13.2. The van der Waals surface area contributed by atoms with Crippen LogP contribution in [-0.4, -0.2) is 19.6 Å². The third-order valence-corrected chi connectivity index (χ3v) is 8.31. The predicted octanol–water partition coefficient (Wildman–Crippen LogP) is 6.46. The zero-order chi connectivity index (χ0) is 27.9. The van der Waals surface area contributed by atoms with E-state index < -0.39 is 26.7 Å². The summed E-state index contributed by atoms with van der Waals surface area (Å²) in [6.45, 7) is 7.09. The summed E-state index contributed by atoms with van der Waals surface area (Å²) in [5.41, 5.74) is 7.75. The lowest BCUT2D eigenvalue weighted by molar-refractivity contribution is 0.0779. The van der Waals surface area contributed by atoms with Crippen LogP contribution in [-0.2, 0) is 28.5 Å². The second-order valence-electron chi connectivity index (χ2n) is 10.7. The van der Waals surface area contributed by atoms with Gasteiger partial charge in [0.25, 0.3) is 10.0 Å². The van der Waals surface area contributed by atoms with Crippen molar-refractivity contribution in [2.75, 3.05) is 5.32 Å². The van der Waals surface area contributed by atoms with E-state index in [4.69, 9.17) is 4.42 Å². The van der Waals surface area contributed by atoms with E-state index in [1.54, 1.807) is 0 Å². The number of aliphatic hydroxyl groups is 1. The first kappa shape index (κ1) is 26.7. The molecule has 1 aromatic heterocycles. The largest absolute Gasteiger partial charge is 0.451 e. The monoisotopic (exact) mass is 544 g/mol. The number of hydrogen-bond donors (Lipinski definition) is 3. The number of rotatable bonds is 6. The molecule has 3 aromatic carbocycles. The van der Waals surface area contributed by atoms with Gasteiger partial charge in [-0.2, -0.15) is 8.42 Å². The molecule has 39 heavy (non-hydrogen) atoms. The number of aryl methyl sites for hydroxylation is 3. The minimum Gasteiger partial charge on any atom is -0.451 e. The summed E-state index contributed by atoms with van der Waals surface area (Å²) >= 11 is 0. The Bertz CT molecular complexity index is 1650. The van der Waals surface area contributed by atoms with Crippen LogP contribution in [0.4, 0.5) is 10.5 Å². The molecule has 4 aromatic rings. The van der Waals surface area contributed by atoms with Gasteiger partial charge in [-0.25, -0.2) is 9.52 Å². The van der Waals surface area contributed by atoms with Gasteiger partial charge in [-0.3, -0.25) is 0 Å². The van der Waals surface area contributed by atoms with E-state index in [1.165, 1.54) is 26.2 Å². The highest BCUT2D eigenvalue weighted by Gasteiger charge is 2.29. The van der Waals surface area contributed by atoms with E-state index in [0.29, 0.717) is 5.69 Å². The highest BCUT2D eigenvalue weighted by Crippen LogP contribution is 2.44. The van der Waals surface area contributed by atoms with Crippen LogP contribution in [0.25, 0.3) is 22.3 Å². The summed E-state index contributed by atoms with van der Waals surface area (Å²) in [6.07, 6.45) is 3.77. The first-order valence-corrected chi connectivity index (χ1v) is 14.4. The quantitative estimate of drug-likeness (QED) is 0.258. The SMILES string of the molecule is Cc1ccc(-c2cc3c(c(NC(=O)NS(=O)(=O)c4cc(C(C)(C)O)co4)c2-c2ccc(C)cc2)CCC3)cc1. The average molecular weight is 545 g/mol. The van der Waals surface area contributed by atoms with Gasteiger partial charge in [-0.1, -0.05) is 65.7 Å². The zero-order valence-corrected chi connectivity index (χ0v) is 23.3. The second kappa shape index (κ2) is 10.0. The Labute approximate surface area is 228 Å². The number of hydrogen-bond acceptors (Lipinski definition) is 5. The molecule has 0 saturated heterocycles. The smallest absolute Gasteiger partial charge is 0.333 e. The molecule has 0 spiro atoms. The van der Waals surface area contributed by atoms with Crippen LogP contribution in [0.2, 0.25) is 0 Å². The molecule has 0 unspecified atom stereocenters. The van der Waals surface area contributed by atoms with Crippen molar-refractivity contribution in [3.8, 4) is 22.3 Å². The van der Waals surface area contributed by atoms with Crippen LogP contribution in [0, 0.1) is 13.8 Å². The lowest BCUT2D eigenvalue weighted by Crippen LogP contribution is -2.34. The number of carbonyl (C=O) groups is 1. The van der Waals surface area contributed by atoms with Crippen molar-refractivity contribution in [3.05, 3.63) is 94.7 Å². The number of carbonyl (C=O) groups excluding carboxylic acids is 1. The summed E-state index contributed by atoms with van der Waals surface area (Å²) in [7, 11) is -4.32. The summed E-state index contributed by atoms with van der Waals surface area (Å²) < 4.78 is 33.2. The fraction of sp³-hybridized carbons (Fsp3) is 0.258. The van der Waals surface area contributed by atoms with E-state index >= 15 is 0 Å². The molecule has 7 nitrogen and oxygen atoms in total. The summed E-state index contributed by atoms with van der Waals surface area (Å²) in [4.78, 5) is 13.2. The Morgan fingerprint density at radius 3 is 2.13 bits per heavy atom. The van der Waals surface area contributed by atoms with Gasteiger partial charge in [0, 0.05) is 17.2 Å². The van der Waals surface area contributed by atoms with Crippen molar-refractivity contribution in [2.45, 2.75) is 57.7 Å².